The zero-order chi connectivity index (χ0) is 14.1. The fourth-order valence-corrected chi connectivity index (χ4v) is 2.31. The van der Waals surface area contributed by atoms with Crippen molar-refractivity contribution in [3.05, 3.63) is 59.7 Å². The Balaban J connectivity index is 1.97. The molecule has 5 heteroatoms. The Labute approximate surface area is 114 Å². The number of fused-ring (bicyclic) bond motifs is 1. The summed E-state index contributed by atoms with van der Waals surface area (Å²) in [5.74, 6) is -2.23. The molecule has 1 aliphatic rings. The minimum atomic E-state index is -0.783. The number of rotatable bonds is 1. The molecule has 1 aliphatic heterocycles. The van der Waals surface area contributed by atoms with Crippen LogP contribution in [0.15, 0.2) is 42.5 Å². The monoisotopic (exact) mass is 274 g/mol. The van der Waals surface area contributed by atoms with E-state index in [1.54, 1.807) is 0 Å². The van der Waals surface area contributed by atoms with Gasteiger partial charge in [-0.3, -0.25) is 4.79 Å². The summed E-state index contributed by atoms with van der Waals surface area (Å²) in [6.07, 6.45) is 0. The van der Waals surface area contributed by atoms with Crippen molar-refractivity contribution in [1.29, 1.82) is 0 Å². The van der Waals surface area contributed by atoms with E-state index in [2.05, 4.69) is 10.6 Å². The van der Waals surface area contributed by atoms with Gasteiger partial charge in [0.15, 0.2) is 5.82 Å². The number of amides is 1. The van der Waals surface area contributed by atoms with E-state index in [-0.39, 0.29) is 23.8 Å². The zero-order valence-electron chi connectivity index (χ0n) is 10.5. The van der Waals surface area contributed by atoms with Crippen molar-refractivity contribution in [3.63, 3.8) is 0 Å². The van der Waals surface area contributed by atoms with Crippen LogP contribution in [0.25, 0.3) is 0 Å². The smallest absolute Gasteiger partial charge is 0.233 e. The van der Waals surface area contributed by atoms with E-state index in [1.807, 2.05) is 30.3 Å². The summed E-state index contributed by atoms with van der Waals surface area (Å²) < 4.78 is 26.9. The summed E-state index contributed by atoms with van der Waals surface area (Å²) in [5.41, 5.74) is 1.08. The number of carbonyl (C=O) groups excluding carboxylic acids is 1. The van der Waals surface area contributed by atoms with E-state index in [1.165, 1.54) is 6.07 Å². The maximum Gasteiger partial charge on any atom is 0.233 e. The molecule has 0 spiro atoms. The molecule has 1 atom stereocenters. The second-order valence-corrected chi connectivity index (χ2v) is 4.64. The number of halogens is 2. The first-order valence-electron chi connectivity index (χ1n) is 6.24. The minimum Gasteiger partial charge on any atom is -0.382 e. The lowest BCUT2D eigenvalue weighted by Crippen LogP contribution is -2.23. The molecule has 2 aromatic rings. The van der Waals surface area contributed by atoms with Crippen molar-refractivity contribution in [2.75, 3.05) is 17.2 Å². The largest absolute Gasteiger partial charge is 0.382 e. The predicted molar refractivity (Wildman–Crippen MR) is 72.7 cm³/mol. The number of hydrogen-bond acceptors (Lipinski definition) is 2. The van der Waals surface area contributed by atoms with Crippen LogP contribution >= 0.6 is 0 Å². The van der Waals surface area contributed by atoms with Gasteiger partial charge in [-0.15, -0.1) is 0 Å². The molecule has 0 fully saturated rings. The van der Waals surface area contributed by atoms with Crippen LogP contribution in [-0.2, 0) is 4.79 Å². The molecular weight excluding hydrogens is 262 g/mol. The van der Waals surface area contributed by atoms with E-state index in [9.17, 15) is 13.6 Å². The minimum absolute atomic E-state index is 0.00479. The molecular formula is C15H12F2N2O. The van der Waals surface area contributed by atoms with E-state index in [0.29, 0.717) is 0 Å². The molecule has 3 nitrogen and oxygen atoms in total. The summed E-state index contributed by atoms with van der Waals surface area (Å²) >= 11 is 0. The highest BCUT2D eigenvalue weighted by atomic mass is 19.1. The average Bonchev–Trinajstić information content (AvgIpc) is 2.59. The van der Waals surface area contributed by atoms with Gasteiger partial charge in [-0.05, 0) is 11.6 Å². The molecule has 0 aliphatic carbocycles. The Bertz CT molecular complexity index is 658. The van der Waals surface area contributed by atoms with Crippen LogP contribution in [0.4, 0.5) is 20.2 Å². The molecule has 2 aromatic carbocycles. The fourth-order valence-electron chi connectivity index (χ4n) is 2.31. The molecule has 2 N–H and O–H groups in total. The van der Waals surface area contributed by atoms with E-state index < -0.39 is 17.6 Å². The van der Waals surface area contributed by atoms with Gasteiger partial charge in [0.1, 0.15) is 11.5 Å². The quantitative estimate of drug-likeness (QED) is 0.839. The highest BCUT2D eigenvalue weighted by molar-refractivity contribution is 6.00. The fraction of sp³-hybridized carbons (Fsp3) is 0.133. The Kier molecular flexibility index (Phi) is 3.10. The van der Waals surface area contributed by atoms with Gasteiger partial charge >= 0.3 is 0 Å². The first-order chi connectivity index (χ1) is 9.65. The van der Waals surface area contributed by atoms with Crippen molar-refractivity contribution in [1.82, 2.24) is 0 Å². The molecule has 0 saturated heterocycles. The van der Waals surface area contributed by atoms with Crippen molar-refractivity contribution in [2.45, 2.75) is 5.92 Å². The van der Waals surface area contributed by atoms with Crippen molar-refractivity contribution >= 4 is 17.3 Å². The van der Waals surface area contributed by atoms with Gasteiger partial charge in [0.05, 0.1) is 11.6 Å². The normalized spacial score (nSPS) is 17.7. The van der Waals surface area contributed by atoms with Crippen LogP contribution in [-0.4, -0.2) is 12.5 Å². The number of carbonyl (C=O) groups is 1. The Morgan fingerprint density at radius 1 is 1.10 bits per heavy atom. The Hall–Kier alpha value is -2.43. The van der Waals surface area contributed by atoms with Crippen LogP contribution < -0.4 is 10.6 Å². The summed E-state index contributed by atoms with van der Waals surface area (Å²) in [7, 11) is 0. The predicted octanol–water partition coefficient (Wildman–Crippen LogP) is 3.11. The summed E-state index contributed by atoms with van der Waals surface area (Å²) in [6.45, 7) is 0.283. The van der Waals surface area contributed by atoms with E-state index >= 15 is 0 Å². The van der Waals surface area contributed by atoms with E-state index in [0.717, 1.165) is 11.6 Å². The maximum absolute atomic E-state index is 13.7. The average molecular weight is 274 g/mol. The third-order valence-corrected chi connectivity index (χ3v) is 3.32. The second-order valence-electron chi connectivity index (χ2n) is 4.64. The molecule has 0 aromatic heterocycles. The lowest BCUT2D eigenvalue weighted by molar-refractivity contribution is -0.117. The Morgan fingerprint density at radius 3 is 2.60 bits per heavy atom. The van der Waals surface area contributed by atoms with E-state index in [4.69, 9.17) is 0 Å². The third-order valence-electron chi connectivity index (χ3n) is 3.32. The summed E-state index contributed by atoms with van der Waals surface area (Å²) in [5, 5.41) is 5.45. The summed E-state index contributed by atoms with van der Waals surface area (Å²) in [4.78, 5) is 12.2. The van der Waals surface area contributed by atoms with Gasteiger partial charge < -0.3 is 10.6 Å². The molecule has 1 amide bonds. The van der Waals surface area contributed by atoms with Crippen molar-refractivity contribution in [2.24, 2.45) is 0 Å². The van der Waals surface area contributed by atoms with Crippen LogP contribution in [0.1, 0.15) is 11.5 Å². The first-order valence-corrected chi connectivity index (χ1v) is 6.24. The number of anilines is 2. The van der Waals surface area contributed by atoms with Crippen molar-refractivity contribution in [3.8, 4) is 0 Å². The lowest BCUT2D eigenvalue weighted by Gasteiger charge is -2.13. The van der Waals surface area contributed by atoms with Crippen molar-refractivity contribution < 1.29 is 13.6 Å². The topological polar surface area (TPSA) is 41.1 Å². The molecule has 1 heterocycles. The third kappa shape index (κ3) is 2.22. The molecule has 102 valence electrons. The molecule has 0 bridgehead atoms. The van der Waals surface area contributed by atoms with Crippen LogP contribution in [0.2, 0.25) is 0 Å². The molecule has 0 radical (unpaired) electrons. The highest BCUT2D eigenvalue weighted by Gasteiger charge is 2.26. The standard InChI is InChI=1S/C15H12F2N2O/c16-10-6-12(17)14-13(7-10)18-8-11(15(20)19-14)9-4-2-1-3-5-9/h1-7,11,18H,8H2,(H,19,20). The van der Waals surface area contributed by atoms with Crippen LogP contribution in [0, 0.1) is 11.6 Å². The summed E-state index contributed by atoms with van der Waals surface area (Å²) in [6, 6.07) is 11.1. The zero-order valence-corrected chi connectivity index (χ0v) is 10.5. The second kappa shape index (κ2) is 4.92. The number of nitrogens with one attached hydrogen (secondary N) is 2. The molecule has 0 saturated carbocycles. The van der Waals surface area contributed by atoms with Gasteiger partial charge in [-0.1, -0.05) is 30.3 Å². The van der Waals surface area contributed by atoms with Gasteiger partial charge in [-0.25, -0.2) is 8.78 Å². The van der Waals surface area contributed by atoms with Gasteiger partial charge in [0.25, 0.3) is 0 Å². The lowest BCUT2D eigenvalue weighted by atomic mass is 9.98. The van der Waals surface area contributed by atoms with Crippen LogP contribution in [0.3, 0.4) is 0 Å². The SMILES string of the molecule is O=C1Nc2c(F)cc(F)cc2NCC1c1ccccc1. The number of hydrogen-bond donors (Lipinski definition) is 2. The van der Waals surface area contributed by atoms with Crippen LogP contribution in [0.5, 0.6) is 0 Å². The first kappa shape index (κ1) is 12.6. The molecule has 1 unspecified atom stereocenters. The van der Waals surface area contributed by atoms with Gasteiger partial charge in [0.2, 0.25) is 5.91 Å². The van der Waals surface area contributed by atoms with Gasteiger partial charge in [-0.2, -0.15) is 0 Å². The Morgan fingerprint density at radius 2 is 1.85 bits per heavy atom. The maximum atomic E-state index is 13.7. The highest BCUT2D eigenvalue weighted by Crippen LogP contribution is 2.31. The molecule has 3 rings (SSSR count). The van der Waals surface area contributed by atoms with Gasteiger partial charge in [0, 0.05) is 12.6 Å². The number of benzene rings is 2. The molecule has 20 heavy (non-hydrogen) atoms.